The van der Waals surface area contributed by atoms with Gasteiger partial charge in [0, 0.05) is 73.1 Å². The molecule has 0 aliphatic carbocycles. The van der Waals surface area contributed by atoms with Crippen LogP contribution >= 0.6 is 11.6 Å². The van der Waals surface area contributed by atoms with Crippen LogP contribution in [0.3, 0.4) is 0 Å². The van der Waals surface area contributed by atoms with Crippen molar-refractivity contribution < 1.29 is 23.7 Å². The first-order valence-electron chi connectivity index (χ1n) is 22.0. The average Bonchev–Trinajstić information content (AvgIpc) is 4.05. The van der Waals surface area contributed by atoms with Crippen LogP contribution < -0.4 is 19.3 Å². The van der Waals surface area contributed by atoms with Crippen molar-refractivity contribution in [1.82, 2.24) is 34.1 Å². The van der Waals surface area contributed by atoms with E-state index >= 15 is 0 Å². The molecule has 3 aliphatic rings. The van der Waals surface area contributed by atoms with E-state index in [0.717, 1.165) is 109 Å². The molecule has 3 aliphatic heterocycles. The van der Waals surface area contributed by atoms with E-state index in [1.165, 1.54) is 11.4 Å². The highest BCUT2D eigenvalue weighted by molar-refractivity contribution is 6.32. The molecule has 10 rings (SSSR count). The van der Waals surface area contributed by atoms with E-state index in [9.17, 15) is 4.79 Å². The topological polar surface area (TPSA) is 124 Å². The van der Waals surface area contributed by atoms with Crippen LogP contribution in [0, 0.1) is 19.8 Å². The number of methoxy groups -OCH3 is 1. The van der Waals surface area contributed by atoms with Crippen molar-refractivity contribution in [3.05, 3.63) is 119 Å². The number of ether oxygens (including phenoxy) is 4. The Morgan fingerprint density at radius 1 is 0.703 bits per heavy atom. The Morgan fingerprint density at radius 2 is 1.22 bits per heavy atom. The molecule has 15 heteroatoms. The number of aryl methyl sites for hydroxylation is 2. The molecule has 3 aromatic carbocycles. The third kappa shape index (κ3) is 9.08. The van der Waals surface area contributed by atoms with E-state index in [0.29, 0.717) is 24.0 Å². The molecule has 0 N–H and O–H groups in total. The van der Waals surface area contributed by atoms with E-state index in [4.69, 9.17) is 35.5 Å². The van der Waals surface area contributed by atoms with Crippen LogP contribution in [0.4, 0.5) is 11.4 Å². The highest BCUT2D eigenvalue weighted by atomic mass is 35.5. The van der Waals surface area contributed by atoms with Gasteiger partial charge in [-0.15, -0.1) is 0 Å². The summed E-state index contributed by atoms with van der Waals surface area (Å²) in [7, 11) is 1.65. The molecule has 14 nitrogen and oxygen atoms in total. The molecule has 3 fully saturated rings. The molecule has 4 aromatic heterocycles. The van der Waals surface area contributed by atoms with Crippen molar-refractivity contribution >= 4 is 39.9 Å². The maximum atomic E-state index is 13.1. The second kappa shape index (κ2) is 18.9. The lowest BCUT2D eigenvalue weighted by Gasteiger charge is -2.28. The SMILES string of the molecule is COc1ccc([C@@H](C)N2C[C@H]([C@@H](C)Oc3nc(-c4ccc(N5CCOCC5)cc4)cn4ncc(C)c34)CC2=O)cc1.Cc1cnn2cc(-c3ccc(N4CCOCC4)cc3)nc(Cl)c12. The normalized spacial score (nSPS) is 17.7. The van der Waals surface area contributed by atoms with E-state index in [1.807, 2.05) is 73.0 Å². The van der Waals surface area contributed by atoms with Crippen LogP contribution in [0.25, 0.3) is 33.5 Å². The summed E-state index contributed by atoms with van der Waals surface area (Å²) in [6.45, 7) is 15.5. The molecule has 0 spiro atoms. The molecule has 332 valence electrons. The quantitative estimate of drug-likeness (QED) is 0.132. The number of aromatic nitrogens is 6. The fraction of sp³-hybridized carbons (Fsp3) is 0.367. The third-order valence-corrected chi connectivity index (χ3v) is 12.8. The molecular weight excluding hydrogens is 830 g/mol. The standard InChI is InChI=1S/C32H37N5O4.C17H17ClN4O/c1-21-18-33-37-20-29(25-5-9-27(10-6-25)35-13-15-40-16-14-35)34-32(31(21)37)41-23(3)26-17-30(38)36(19-26)22(2)24-7-11-28(39-4)12-8-24;1-12-10-19-22-11-15(20-17(18)16(12)22)13-2-4-14(5-3-13)21-6-8-23-9-7-21/h5-12,18,20,22-23,26H,13-17,19H2,1-4H3;2-5,10-11H,6-9H2,1H3/t22-,23-,26-;/m1./s1. The summed E-state index contributed by atoms with van der Waals surface area (Å²) in [5.41, 5.74) is 10.8. The van der Waals surface area contributed by atoms with Gasteiger partial charge in [-0.2, -0.15) is 10.2 Å². The number of nitrogens with zero attached hydrogens (tertiary/aromatic N) is 9. The summed E-state index contributed by atoms with van der Waals surface area (Å²) in [5, 5.41) is 9.36. The number of fused-ring (bicyclic) bond motifs is 2. The predicted molar refractivity (Wildman–Crippen MR) is 249 cm³/mol. The molecule has 0 radical (unpaired) electrons. The number of hydrogen-bond acceptors (Lipinski definition) is 11. The van der Waals surface area contributed by atoms with Crippen LogP contribution in [-0.2, 0) is 14.3 Å². The summed E-state index contributed by atoms with van der Waals surface area (Å²) in [6, 6.07) is 24.7. The highest BCUT2D eigenvalue weighted by Gasteiger charge is 2.37. The second-order valence-electron chi connectivity index (χ2n) is 16.7. The van der Waals surface area contributed by atoms with Crippen molar-refractivity contribution in [1.29, 1.82) is 0 Å². The van der Waals surface area contributed by atoms with Gasteiger partial charge in [0.05, 0.1) is 75.8 Å². The van der Waals surface area contributed by atoms with Crippen LogP contribution in [0.1, 0.15) is 43.0 Å². The molecule has 64 heavy (non-hydrogen) atoms. The lowest BCUT2D eigenvalue weighted by Crippen LogP contribution is -2.36. The average molecular weight is 884 g/mol. The Hall–Kier alpha value is -6.22. The zero-order chi connectivity index (χ0) is 44.3. The van der Waals surface area contributed by atoms with Gasteiger partial charge in [0.2, 0.25) is 11.8 Å². The molecule has 0 saturated carbocycles. The van der Waals surface area contributed by atoms with Gasteiger partial charge in [0.25, 0.3) is 0 Å². The van der Waals surface area contributed by atoms with Gasteiger partial charge in [-0.1, -0.05) is 48.0 Å². The summed E-state index contributed by atoms with van der Waals surface area (Å²) in [5.74, 6) is 1.53. The van der Waals surface area contributed by atoms with Gasteiger partial charge in [0.15, 0.2) is 5.15 Å². The smallest absolute Gasteiger partial charge is 0.241 e. The Bertz CT molecular complexity index is 2710. The Labute approximate surface area is 378 Å². The van der Waals surface area contributed by atoms with Crippen molar-refractivity contribution in [3.63, 3.8) is 0 Å². The Morgan fingerprint density at radius 3 is 1.77 bits per heavy atom. The van der Waals surface area contributed by atoms with Crippen molar-refractivity contribution in [2.75, 3.05) is 76.1 Å². The largest absolute Gasteiger partial charge is 0.497 e. The van der Waals surface area contributed by atoms with Crippen LogP contribution in [0.2, 0.25) is 5.15 Å². The van der Waals surface area contributed by atoms with Crippen molar-refractivity contribution in [3.8, 4) is 34.1 Å². The summed E-state index contributed by atoms with van der Waals surface area (Å²) in [6.07, 6.45) is 7.72. The van der Waals surface area contributed by atoms with Crippen LogP contribution in [0.15, 0.2) is 97.6 Å². The van der Waals surface area contributed by atoms with Gasteiger partial charge >= 0.3 is 0 Å². The predicted octanol–water partition coefficient (Wildman–Crippen LogP) is 8.12. The first-order valence-corrected chi connectivity index (χ1v) is 22.3. The highest BCUT2D eigenvalue weighted by Crippen LogP contribution is 2.34. The summed E-state index contributed by atoms with van der Waals surface area (Å²) < 4.78 is 26.4. The molecule has 7 aromatic rings. The first-order chi connectivity index (χ1) is 31.1. The minimum absolute atomic E-state index is 0.0312. The molecular formula is C49H54ClN9O5. The maximum absolute atomic E-state index is 13.1. The molecule has 0 unspecified atom stereocenters. The third-order valence-electron chi connectivity index (χ3n) is 12.6. The van der Waals surface area contributed by atoms with Crippen molar-refractivity contribution in [2.24, 2.45) is 5.92 Å². The van der Waals surface area contributed by atoms with Gasteiger partial charge < -0.3 is 33.6 Å². The van der Waals surface area contributed by atoms with Gasteiger partial charge in [-0.05, 0) is 75.2 Å². The van der Waals surface area contributed by atoms with E-state index in [2.05, 4.69) is 80.4 Å². The lowest BCUT2D eigenvalue weighted by molar-refractivity contribution is -0.129. The fourth-order valence-electron chi connectivity index (χ4n) is 8.70. The van der Waals surface area contributed by atoms with Crippen LogP contribution in [-0.4, -0.2) is 112 Å². The minimum atomic E-state index is -0.212. The molecule has 7 heterocycles. The monoisotopic (exact) mass is 883 g/mol. The number of hydrogen-bond donors (Lipinski definition) is 0. The number of likely N-dealkylation sites (tertiary alicyclic amines) is 1. The minimum Gasteiger partial charge on any atom is -0.497 e. The molecule has 3 saturated heterocycles. The molecule has 3 atom stereocenters. The maximum Gasteiger partial charge on any atom is 0.241 e. The Balaban J connectivity index is 0.000000190. The first kappa shape index (κ1) is 43.1. The number of morpholine rings is 2. The second-order valence-corrected chi connectivity index (χ2v) is 17.0. The zero-order valence-corrected chi connectivity index (χ0v) is 37.7. The van der Waals surface area contributed by atoms with Gasteiger partial charge in [0.1, 0.15) is 22.9 Å². The number of benzene rings is 3. The Kier molecular flexibility index (Phi) is 12.7. The molecule has 0 bridgehead atoms. The zero-order valence-electron chi connectivity index (χ0n) is 37.0. The fourth-order valence-corrected chi connectivity index (χ4v) is 9.03. The van der Waals surface area contributed by atoms with Crippen molar-refractivity contribution in [2.45, 2.75) is 46.3 Å². The number of anilines is 2. The molecule has 1 amide bonds. The number of amides is 1. The lowest BCUT2D eigenvalue weighted by atomic mass is 10.0. The van der Waals surface area contributed by atoms with E-state index in [1.54, 1.807) is 17.8 Å². The number of halogens is 1. The van der Waals surface area contributed by atoms with Crippen LogP contribution in [0.5, 0.6) is 11.6 Å². The van der Waals surface area contributed by atoms with Gasteiger partial charge in [-0.25, -0.2) is 19.0 Å². The summed E-state index contributed by atoms with van der Waals surface area (Å²) >= 11 is 6.32. The number of carbonyl (C=O) groups is 1. The van der Waals surface area contributed by atoms with Gasteiger partial charge in [-0.3, -0.25) is 4.79 Å². The van der Waals surface area contributed by atoms with E-state index in [-0.39, 0.29) is 24.0 Å². The van der Waals surface area contributed by atoms with E-state index < -0.39 is 0 Å². The number of carbonyl (C=O) groups excluding carboxylic acids is 1. The summed E-state index contributed by atoms with van der Waals surface area (Å²) in [4.78, 5) is 29.2. The number of rotatable bonds is 10.